The zero-order valence-corrected chi connectivity index (χ0v) is 14.8. The maximum atomic E-state index is 13.9. The molecule has 2 aromatic heterocycles. The Morgan fingerprint density at radius 1 is 1.00 bits per heavy atom. The lowest BCUT2D eigenvalue weighted by molar-refractivity contribution is 0.102. The molecule has 0 aliphatic rings. The van der Waals surface area contributed by atoms with E-state index in [1.165, 1.54) is 48.7 Å². The van der Waals surface area contributed by atoms with Gasteiger partial charge in [0.25, 0.3) is 11.5 Å². The number of rotatable bonds is 3. The second-order valence-electron chi connectivity index (χ2n) is 6.15. The highest BCUT2D eigenvalue weighted by molar-refractivity contribution is 6.09. The van der Waals surface area contributed by atoms with Crippen molar-refractivity contribution in [1.29, 1.82) is 0 Å². The Morgan fingerprint density at radius 3 is 2.45 bits per heavy atom. The van der Waals surface area contributed by atoms with Crippen molar-refractivity contribution in [1.82, 2.24) is 9.55 Å². The molecule has 6 nitrogen and oxygen atoms in total. The van der Waals surface area contributed by atoms with Gasteiger partial charge in [-0.3, -0.25) is 14.2 Å². The summed E-state index contributed by atoms with van der Waals surface area (Å²) in [6.45, 7) is 0. The van der Waals surface area contributed by atoms with Crippen molar-refractivity contribution >= 4 is 22.6 Å². The SMILES string of the molecule is O=C(Nc1ccccc1F)c1c(O)c2cccnc2n(-c2ccc(F)cc2)c1=O. The lowest BCUT2D eigenvalue weighted by Crippen LogP contribution is -2.29. The van der Waals surface area contributed by atoms with Gasteiger partial charge in [0, 0.05) is 6.20 Å². The maximum absolute atomic E-state index is 13.9. The molecule has 0 unspecified atom stereocenters. The molecule has 2 heterocycles. The Hall–Kier alpha value is -4.07. The second kappa shape index (κ2) is 7.16. The number of nitrogens with one attached hydrogen (secondary N) is 1. The van der Waals surface area contributed by atoms with Crippen LogP contribution in [0.1, 0.15) is 10.4 Å². The average molecular weight is 393 g/mol. The molecule has 4 aromatic rings. The minimum atomic E-state index is -0.987. The number of para-hydroxylation sites is 1. The Balaban J connectivity index is 1.95. The van der Waals surface area contributed by atoms with Gasteiger partial charge in [0.15, 0.2) is 5.65 Å². The zero-order chi connectivity index (χ0) is 20.5. The van der Waals surface area contributed by atoms with Crippen molar-refractivity contribution in [2.24, 2.45) is 0 Å². The summed E-state index contributed by atoms with van der Waals surface area (Å²) in [4.78, 5) is 30.0. The van der Waals surface area contributed by atoms with Gasteiger partial charge in [-0.05, 0) is 48.5 Å². The molecular formula is C21H13F2N3O3. The van der Waals surface area contributed by atoms with E-state index in [9.17, 15) is 23.5 Å². The number of fused-ring (bicyclic) bond motifs is 1. The topological polar surface area (TPSA) is 84.2 Å². The van der Waals surface area contributed by atoms with E-state index >= 15 is 0 Å². The summed E-state index contributed by atoms with van der Waals surface area (Å²) in [6.07, 6.45) is 1.42. The van der Waals surface area contributed by atoms with Crippen LogP contribution < -0.4 is 10.9 Å². The van der Waals surface area contributed by atoms with Crippen LogP contribution in [-0.4, -0.2) is 20.6 Å². The molecule has 2 N–H and O–H groups in total. The van der Waals surface area contributed by atoms with E-state index in [1.54, 1.807) is 0 Å². The van der Waals surface area contributed by atoms with E-state index in [2.05, 4.69) is 10.3 Å². The van der Waals surface area contributed by atoms with E-state index in [1.807, 2.05) is 0 Å². The van der Waals surface area contributed by atoms with Gasteiger partial charge in [0.1, 0.15) is 22.9 Å². The number of aromatic nitrogens is 2. The Labute approximate surface area is 162 Å². The Bertz CT molecular complexity index is 1300. The molecule has 29 heavy (non-hydrogen) atoms. The summed E-state index contributed by atoms with van der Waals surface area (Å²) in [5.41, 5.74) is -1.27. The Morgan fingerprint density at radius 2 is 1.72 bits per heavy atom. The predicted octanol–water partition coefficient (Wildman–Crippen LogP) is 3.62. The highest BCUT2D eigenvalue weighted by Gasteiger charge is 2.24. The van der Waals surface area contributed by atoms with Crippen LogP contribution in [0.25, 0.3) is 16.7 Å². The van der Waals surface area contributed by atoms with Crippen LogP contribution in [0, 0.1) is 11.6 Å². The number of amides is 1. The number of nitrogens with zero attached hydrogens (tertiary/aromatic N) is 2. The summed E-state index contributed by atoms with van der Waals surface area (Å²) in [7, 11) is 0. The number of benzene rings is 2. The zero-order valence-electron chi connectivity index (χ0n) is 14.8. The lowest BCUT2D eigenvalue weighted by atomic mass is 10.1. The summed E-state index contributed by atoms with van der Waals surface area (Å²) in [6, 6.07) is 13.5. The number of pyridine rings is 2. The van der Waals surface area contributed by atoms with Crippen molar-refractivity contribution < 1.29 is 18.7 Å². The molecule has 8 heteroatoms. The molecule has 0 spiro atoms. The first kappa shape index (κ1) is 18.3. The van der Waals surface area contributed by atoms with Crippen molar-refractivity contribution in [2.45, 2.75) is 0 Å². The van der Waals surface area contributed by atoms with Gasteiger partial charge in [-0.1, -0.05) is 12.1 Å². The number of hydrogen-bond donors (Lipinski definition) is 2. The van der Waals surface area contributed by atoms with E-state index in [-0.39, 0.29) is 22.4 Å². The number of carbonyl (C=O) groups excluding carboxylic acids is 1. The van der Waals surface area contributed by atoms with Gasteiger partial charge in [0.2, 0.25) is 0 Å². The molecule has 144 valence electrons. The van der Waals surface area contributed by atoms with E-state index in [0.717, 1.165) is 22.8 Å². The minimum absolute atomic E-state index is 0.0871. The average Bonchev–Trinajstić information content (AvgIpc) is 2.71. The van der Waals surface area contributed by atoms with Gasteiger partial charge in [-0.2, -0.15) is 0 Å². The molecule has 0 aliphatic heterocycles. The molecule has 0 aliphatic carbocycles. The number of hydrogen-bond acceptors (Lipinski definition) is 4. The highest BCUT2D eigenvalue weighted by Crippen LogP contribution is 2.27. The molecular weight excluding hydrogens is 380 g/mol. The van der Waals surface area contributed by atoms with Crippen LogP contribution in [0.5, 0.6) is 5.75 Å². The summed E-state index contributed by atoms with van der Waals surface area (Å²) in [5, 5.41) is 13.0. The predicted molar refractivity (Wildman–Crippen MR) is 103 cm³/mol. The molecule has 1 amide bonds. The van der Waals surface area contributed by atoms with Gasteiger partial charge >= 0.3 is 0 Å². The summed E-state index contributed by atoms with van der Waals surface area (Å²) in [5.74, 6) is -2.76. The summed E-state index contributed by atoms with van der Waals surface area (Å²) < 4.78 is 28.3. The molecule has 0 saturated heterocycles. The van der Waals surface area contributed by atoms with Gasteiger partial charge in [0.05, 0.1) is 16.8 Å². The molecule has 0 atom stereocenters. The smallest absolute Gasteiger partial charge is 0.273 e. The number of carbonyl (C=O) groups is 1. The van der Waals surface area contributed by atoms with Crippen LogP contribution in [0.2, 0.25) is 0 Å². The third-order valence-corrected chi connectivity index (χ3v) is 4.34. The molecule has 4 rings (SSSR count). The van der Waals surface area contributed by atoms with E-state index < -0.39 is 34.4 Å². The van der Waals surface area contributed by atoms with Crippen LogP contribution in [0.4, 0.5) is 14.5 Å². The van der Waals surface area contributed by atoms with E-state index in [0.29, 0.717) is 0 Å². The highest BCUT2D eigenvalue weighted by atomic mass is 19.1. The minimum Gasteiger partial charge on any atom is -0.506 e. The number of halogens is 2. The lowest BCUT2D eigenvalue weighted by Gasteiger charge is -2.14. The second-order valence-corrected chi connectivity index (χ2v) is 6.15. The van der Waals surface area contributed by atoms with Crippen molar-refractivity contribution in [2.75, 3.05) is 5.32 Å². The largest absolute Gasteiger partial charge is 0.506 e. The van der Waals surface area contributed by atoms with Gasteiger partial charge in [-0.25, -0.2) is 13.8 Å². The first-order chi connectivity index (χ1) is 14.0. The molecule has 2 aromatic carbocycles. The molecule has 0 saturated carbocycles. The third kappa shape index (κ3) is 3.20. The first-order valence-electron chi connectivity index (χ1n) is 8.52. The van der Waals surface area contributed by atoms with Crippen LogP contribution in [0.3, 0.4) is 0 Å². The fraction of sp³-hybridized carbons (Fsp3) is 0. The quantitative estimate of drug-likeness (QED) is 0.557. The summed E-state index contributed by atoms with van der Waals surface area (Å²) >= 11 is 0. The molecule has 0 radical (unpaired) electrons. The van der Waals surface area contributed by atoms with Crippen molar-refractivity contribution in [3.63, 3.8) is 0 Å². The standard InChI is InChI=1S/C21H13F2N3O3/c22-12-7-9-13(10-8-12)26-19-14(4-3-11-24-19)18(27)17(21(26)29)20(28)25-16-6-2-1-5-15(16)23/h1-11,27H,(H,25,28). The molecule has 0 bridgehead atoms. The molecule has 0 fully saturated rings. The fourth-order valence-electron chi connectivity index (χ4n) is 2.99. The number of anilines is 1. The van der Waals surface area contributed by atoms with Crippen LogP contribution >= 0.6 is 0 Å². The van der Waals surface area contributed by atoms with Crippen LogP contribution in [-0.2, 0) is 0 Å². The Kier molecular flexibility index (Phi) is 4.52. The maximum Gasteiger partial charge on any atom is 0.273 e. The van der Waals surface area contributed by atoms with Crippen LogP contribution in [0.15, 0.2) is 71.7 Å². The van der Waals surface area contributed by atoms with Gasteiger partial charge < -0.3 is 10.4 Å². The van der Waals surface area contributed by atoms with Crippen molar-refractivity contribution in [3.05, 3.63) is 94.4 Å². The van der Waals surface area contributed by atoms with Gasteiger partial charge in [-0.15, -0.1) is 0 Å². The van der Waals surface area contributed by atoms with E-state index in [4.69, 9.17) is 0 Å². The monoisotopic (exact) mass is 393 g/mol. The normalized spacial score (nSPS) is 10.8. The van der Waals surface area contributed by atoms with Crippen molar-refractivity contribution in [3.8, 4) is 11.4 Å². The number of aromatic hydroxyl groups is 1. The first-order valence-corrected chi connectivity index (χ1v) is 8.52. The fourth-order valence-corrected chi connectivity index (χ4v) is 2.99. The third-order valence-electron chi connectivity index (χ3n) is 4.34.